The lowest BCUT2D eigenvalue weighted by Crippen LogP contribution is -2.38. The fraction of sp³-hybridized carbons (Fsp3) is 0.533. The minimum Gasteiger partial charge on any atom is -0.480 e. The molecule has 3 heteroatoms. The number of carboxylic acid groups (broad SMARTS) is 1. The standard InChI is InChI=1S/C15H21NO2/c1-11-7-6-8-13(12(11)2)14(15(17)18)16-9-4-3-5-10-16/h6-8,14H,3-5,9-10H2,1-2H3,(H,17,18). The van der Waals surface area contributed by atoms with Crippen LogP contribution < -0.4 is 0 Å². The van der Waals surface area contributed by atoms with Crippen LogP contribution in [0.2, 0.25) is 0 Å². The summed E-state index contributed by atoms with van der Waals surface area (Å²) in [6.45, 7) is 5.84. The van der Waals surface area contributed by atoms with E-state index in [0.717, 1.165) is 42.6 Å². The predicted molar refractivity (Wildman–Crippen MR) is 71.7 cm³/mol. The van der Waals surface area contributed by atoms with Crippen LogP contribution in [-0.2, 0) is 4.79 Å². The SMILES string of the molecule is Cc1cccc(C(C(=O)O)N2CCCCC2)c1C. The second-order valence-corrected chi connectivity index (χ2v) is 5.13. The molecule has 1 saturated heterocycles. The molecule has 1 heterocycles. The van der Waals surface area contributed by atoms with Crippen LogP contribution in [0, 0.1) is 13.8 Å². The molecule has 2 rings (SSSR count). The zero-order valence-electron chi connectivity index (χ0n) is 11.1. The highest BCUT2D eigenvalue weighted by Gasteiger charge is 2.29. The summed E-state index contributed by atoms with van der Waals surface area (Å²) in [5.41, 5.74) is 3.22. The molecule has 0 saturated carbocycles. The summed E-state index contributed by atoms with van der Waals surface area (Å²) < 4.78 is 0. The van der Waals surface area contributed by atoms with E-state index in [1.807, 2.05) is 32.0 Å². The molecular weight excluding hydrogens is 226 g/mol. The summed E-state index contributed by atoms with van der Waals surface area (Å²) in [7, 11) is 0. The smallest absolute Gasteiger partial charge is 0.325 e. The van der Waals surface area contributed by atoms with Gasteiger partial charge < -0.3 is 5.11 Å². The average Bonchev–Trinajstić information content (AvgIpc) is 2.36. The topological polar surface area (TPSA) is 40.5 Å². The number of aryl methyl sites for hydroxylation is 1. The Morgan fingerprint density at radius 3 is 2.50 bits per heavy atom. The molecule has 0 aliphatic carbocycles. The number of nitrogens with zero attached hydrogens (tertiary/aromatic N) is 1. The van der Waals surface area contributed by atoms with Crippen molar-refractivity contribution in [2.45, 2.75) is 39.2 Å². The Morgan fingerprint density at radius 1 is 1.22 bits per heavy atom. The normalized spacial score (nSPS) is 18.6. The van der Waals surface area contributed by atoms with Gasteiger partial charge in [-0.3, -0.25) is 9.69 Å². The van der Waals surface area contributed by atoms with Crippen molar-refractivity contribution in [1.82, 2.24) is 4.90 Å². The maximum Gasteiger partial charge on any atom is 0.325 e. The first-order valence-corrected chi connectivity index (χ1v) is 6.64. The number of rotatable bonds is 3. The fourth-order valence-electron chi connectivity index (χ4n) is 2.73. The molecule has 0 aromatic heterocycles. The number of carboxylic acids is 1. The average molecular weight is 247 g/mol. The Balaban J connectivity index is 2.34. The molecule has 98 valence electrons. The molecule has 3 nitrogen and oxygen atoms in total. The molecule has 1 aliphatic heterocycles. The van der Waals surface area contributed by atoms with E-state index in [2.05, 4.69) is 4.90 Å². The Labute approximate surface area is 108 Å². The van der Waals surface area contributed by atoms with Crippen LogP contribution in [-0.4, -0.2) is 29.1 Å². The third-order valence-corrected chi connectivity index (χ3v) is 3.93. The van der Waals surface area contributed by atoms with E-state index in [9.17, 15) is 9.90 Å². The van der Waals surface area contributed by atoms with Crippen molar-refractivity contribution in [3.05, 3.63) is 34.9 Å². The first-order chi connectivity index (χ1) is 8.61. The second-order valence-electron chi connectivity index (χ2n) is 5.13. The van der Waals surface area contributed by atoms with Crippen molar-refractivity contribution < 1.29 is 9.90 Å². The van der Waals surface area contributed by atoms with Gasteiger partial charge in [0.2, 0.25) is 0 Å². The van der Waals surface area contributed by atoms with Gasteiger partial charge in [0.05, 0.1) is 0 Å². The number of likely N-dealkylation sites (tertiary alicyclic amines) is 1. The van der Waals surface area contributed by atoms with Crippen LogP contribution in [0.4, 0.5) is 0 Å². The van der Waals surface area contributed by atoms with Crippen molar-refractivity contribution in [2.75, 3.05) is 13.1 Å². The number of hydrogen-bond donors (Lipinski definition) is 1. The first kappa shape index (κ1) is 13.1. The maximum atomic E-state index is 11.6. The second kappa shape index (κ2) is 5.53. The van der Waals surface area contributed by atoms with Crippen LogP contribution in [0.5, 0.6) is 0 Å². The molecule has 0 spiro atoms. The molecular formula is C15H21NO2. The van der Waals surface area contributed by atoms with Gasteiger partial charge in [0.1, 0.15) is 6.04 Å². The van der Waals surface area contributed by atoms with E-state index in [1.165, 1.54) is 6.42 Å². The van der Waals surface area contributed by atoms with Crippen molar-refractivity contribution in [3.8, 4) is 0 Å². The Kier molecular flexibility index (Phi) is 4.02. The molecule has 0 bridgehead atoms. The number of aliphatic carboxylic acids is 1. The summed E-state index contributed by atoms with van der Waals surface area (Å²) in [4.78, 5) is 13.7. The molecule has 1 unspecified atom stereocenters. The summed E-state index contributed by atoms with van der Waals surface area (Å²) in [6.07, 6.45) is 3.43. The van der Waals surface area contributed by atoms with Gasteiger partial charge in [-0.1, -0.05) is 24.6 Å². The van der Waals surface area contributed by atoms with Gasteiger partial charge in [-0.2, -0.15) is 0 Å². The molecule has 0 amide bonds. The molecule has 1 aromatic carbocycles. The van der Waals surface area contributed by atoms with Crippen molar-refractivity contribution in [3.63, 3.8) is 0 Å². The largest absolute Gasteiger partial charge is 0.480 e. The minimum absolute atomic E-state index is 0.481. The van der Waals surface area contributed by atoms with Crippen LogP contribution in [0.15, 0.2) is 18.2 Å². The number of carbonyl (C=O) groups is 1. The van der Waals surface area contributed by atoms with Crippen LogP contribution in [0.3, 0.4) is 0 Å². The highest BCUT2D eigenvalue weighted by molar-refractivity contribution is 5.76. The number of benzene rings is 1. The van der Waals surface area contributed by atoms with Gasteiger partial charge >= 0.3 is 5.97 Å². The van der Waals surface area contributed by atoms with Crippen LogP contribution >= 0.6 is 0 Å². The number of hydrogen-bond acceptors (Lipinski definition) is 2. The van der Waals surface area contributed by atoms with E-state index in [-0.39, 0.29) is 0 Å². The Hall–Kier alpha value is -1.35. The lowest BCUT2D eigenvalue weighted by Gasteiger charge is -2.33. The quantitative estimate of drug-likeness (QED) is 0.892. The van der Waals surface area contributed by atoms with Crippen molar-refractivity contribution in [1.29, 1.82) is 0 Å². The van der Waals surface area contributed by atoms with Gasteiger partial charge in [-0.15, -0.1) is 0 Å². The molecule has 18 heavy (non-hydrogen) atoms. The minimum atomic E-state index is -0.731. The number of piperidine rings is 1. The van der Waals surface area contributed by atoms with Gasteiger partial charge in [0, 0.05) is 0 Å². The Morgan fingerprint density at radius 2 is 1.89 bits per heavy atom. The van der Waals surface area contributed by atoms with Gasteiger partial charge in [-0.25, -0.2) is 0 Å². The highest BCUT2D eigenvalue weighted by atomic mass is 16.4. The zero-order valence-corrected chi connectivity index (χ0v) is 11.1. The third-order valence-electron chi connectivity index (χ3n) is 3.93. The van der Waals surface area contributed by atoms with Gasteiger partial charge in [0.15, 0.2) is 0 Å². The molecule has 1 atom stereocenters. The van der Waals surface area contributed by atoms with Crippen molar-refractivity contribution in [2.24, 2.45) is 0 Å². The predicted octanol–water partition coefficient (Wildman–Crippen LogP) is 2.92. The van der Waals surface area contributed by atoms with E-state index in [0.29, 0.717) is 0 Å². The first-order valence-electron chi connectivity index (χ1n) is 6.64. The molecule has 1 aromatic rings. The molecule has 0 radical (unpaired) electrons. The lowest BCUT2D eigenvalue weighted by atomic mass is 9.95. The van der Waals surface area contributed by atoms with E-state index >= 15 is 0 Å². The van der Waals surface area contributed by atoms with E-state index in [1.54, 1.807) is 0 Å². The highest BCUT2D eigenvalue weighted by Crippen LogP contribution is 2.28. The van der Waals surface area contributed by atoms with E-state index < -0.39 is 12.0 Å². The Bertz CT molecular complexity index is 436. The molecule has 1 aliphatic rings. The van der Waals surface area contributed by atoms with Gasteiger partial charge in [0.25, 0.3) is 0 Å². The lowest BCUT2D eigenvalue weighted by molar-refractivity contribution is -0.144. The summed E-state index contributed by atoms with van der Waals surface area (Å²) >= 11 is 0. The third kappa shape index (κ3) is 2.56. The van der Waals surface area contributed by atoms with Gasteiger partial charge in [-0.05, 0) is 56.5 Å². The molecule has 1 fully saturated rings. The summed E-state index contributed by atoms with van der Waals surface area (Å²) in [5, 5.41) is 9.55. The van der Waals surface area contributed by atoms with E-state index in [4.69, 9.17) is 0 Å². The molecule has 1 N–H and O–H groups in total. The fourth-order valence-corrected chi connectivity index (χ4v) is 2.73. The summed E-state index contributed by atoms with van der Waals surface area (Å²) in [6, 6.07) is 5.46. The van der Waals surface area contributed by atoms with Crippen molar-refractivity contribution >= 4 is 5.97 Å². The monoisotopic (exact) mass is 247 g/mol. The maximum absolute atomic E-state index is 11.6. The van der Waals surface area contributed by atoms with Crippen LogP contribution in [0.1, 0.15) is 42.0 Å². The van der Waals surface area contributed by atoms with Crippen LogP contribution in [0.25, 0.3) is 0 Å². The zero-order chi connectivity index (χ0) is 13.1. The summed E-state index contributed by atoms with van der Waals surface area (Å²) in [5.74, 6) is -0.731.